The molecule has 0 bridgehead atoms. The van der Waals surface area contributed by atoms with Crippen molar-refractivity contribution in [3.05, 3.63) is 34.9 Å². The average Bonchev–Trinajstić information content (AvgIpc) is 3.20. The number of carbonyl (C=O) groups is 4. The minimum Gasteiger partial charge on any atom is -0.292 e. The van der Waals surface area contributed by atoms with Crippen molar-refractivity contribution in [2.24, 2.45) is 0 Å². The summed E-state index contributed by atoms with van der Waals surface area (Å²) >= 11 is 0. The molecular weight excluding hydrogens is 332 g/mol. The van der Waals surface area contributed by atoms with Gasteiger partial charge < -0.3 is 0 Å². The summed E-state index contributed by atoms with van der Waals surface area (Å²) in [5.41, 5.74) is 2.91. The highest BCUT2D eigenvalue weighted by atomic mass is 16.2. The number of hydrogen-bond donors (Lipinski definition) is 0. The molecule has 1 aromatic rings. The van der Waals surface area contributed by atoms with Gasteiger partial charge in [-0.05, 0) is 49.3 Å². The maximum absolute atomic E-state index is 12.6. The average molecular weight is 354 g/mol. The normalized spacial score (nSPS) is 20.8. The standard InChI is InChI=1S/C20H22N2O4/c23-17(15-10-9-13-5-4-6-14(13)11-15)12-21-18(24)19(25)22(20(21)26)16-7-2-1-3-8-16/h9-11,16H,1-8,12H2. The predicted octanol–water partition coefficient (Wildman–Crippen LogP) is 2.48. The summed E-state index contributed by atoms with van der Waals surface area (Å²) in [6, 6.07) is 4.70. The molecule has 0 unspecified atom stereocenters. The fraction of sp³-hybridized carbons (Fsp3) is 0.500. The lowest BCUT2D eigenvalue weighted by Gasteiger charge is -2.28. The van der Waals surface area contributed by atoms with Gasteiger partial charge in [0.25, 0.3) is 0 Å². The van der Waals surface area contributed by atoms with Gasteiger partial charge in [0.2, 0.25) is 0 Å². The van der Waals surface area contributed by atoms with Gasteiger partial charge in [0.05, 0.1) is 6.54 Å². The van der Waals surface area contributed by atoms with Crippen molar-refractivity contribution < 1.29 is 19.2 Å². The van der Waals surface area contributed by atoms with Crippen molar-refractivity contribution in [1.82, 2.24) is 9.80 Å². The van der Waals surface area contributed by atoms with E-state index in [4.69, 9.17) is 0 Å². The van der Waals surface area contributed by atoms with Crippen LogP contribution in [-0.2, 0) is 22.4 Å². The van der Waals surface area contributed by atoms with Gasteiger partial charge in [0.1, 0.15) is 0 Å². The number of urea groups is 1. The Bertz CT molecular complexity index is 795. The highest BCUT2D eigenvalue weighted by Crippen LogP contribution is 2.27. The lowest BCUT2D eigenvalue weighted by atomic mass is 9.94. The van der Waals surface area contributed by atoms with E-state index in [1.54, 1.807) is 6.07 Å². The second kappa shape index (κ2) is 6.67. The Kier molecular flexibility index (Phi) is 4.34. The predicted molar refractivity (Wildman–Crippen MR) is 93.6 cm³/mol. The van der Waals surface area contributed by atoms with Crippen LogP contribution in [0.25, 0.3) is 0 Å². The van der Waals surface area contributed by atoms with Gasteiger partial charge in [0.15, 0.2) is 5.78 Å². The van der Waals surface area contributed by atoms with E-state index in [-0.39, 0.29) is 18.4 Å². The smallest absolute Gasteiger partial charge is 0.292 e. The number of amides is 4. The molecule has 26 heavy (non-hydrogen) atoms. The minimum absolute atomic E-state index is 0.215. The monoisotopic (exact) mass is 354 g/mol. The zero-order valence-corrected chi connectivity index (χ0v) is 14.7. The van der Waals surface area contributed by atoms with Gasteiger partial charge in [0, 0.05) is 11.6 Å². The Morgan fingerprint density at radius 2 is 1.65 bits per heavy atom. The van der Waals surface area contributed by atoms with E-state index in [0.29, 0.717) is 5.56 Å². The summed E-state index contributed by atoms with van der Waals surface area (Å²) in [7, 11) is 0. The van der Waals surface area contributed by atoms with Crippen LogP contribution in [0, 0.1) is 0 Å². The van der Waals surface area contributed by atoms with Crippen LogP contribution in [0.4, 0.5) is 4.79 Å². The van der Waals surface area contributed by atoms with E-state index >= 15 is 0 Å². The fourth-order valence-corrected chi connectivity index (χ4v) is 4.30. The van der Waals surface area contributed by atoms with Crippen LogP contribution in [-0.4, -0.2) is 46.0 Å². The van der Waals surface area contributed by atoms with Crippen LogP contribution >= 0.6 is 0 Å². The molecule has 0 atom stereocenters. The van der Waals surface area contributed by atoms with Crippen molar-refractivity contribution in [2.45, 2.75) is 57.4 Å². The molecule has 6 nitrogen and oxygen atoms in total. The van der Waals surface area contributed by atoms with Crippen LogP contribution < -0.4 is 0 Å². The van der Waals surface area contributed by atoms with E-state index in [2.05, 4.69) is 0 Å². The molecule has 0 aromatic heterocycles. The second-order valence-corrected chi connectivity index (χ2v) is 7.40. The molecule has 1 aromatic carbocycles. The molecule has 6 heteroatoms. The van der Waals surface area contributed by atoms with Crippen LogP contribution in [0.3, 0.4) is 0 Å². The third-order valence-corrected chi connectivity index (χ3v) is 5.75. The van der Waals surface area contributed by atoms with E-state index in [1.165, 1.54) is 5.56 Å². The summed E-state index contributed by atoms with van der Waals surface area (Å²) in [5, 5.41) is 0. The summed E-state index contributed by atoms with van der Waals surface area (Å²) < 4.78 is 0. The van der Waals surface area contributed by atoms with Crippen molar-refractivity contribution in [3.8, 4) is 0 Å². The molecule has 0 spiro atoms. The molecule has 1 aliphatic heterocycles. The van der Waals surface area contributed by atoms with Gasteiger partial charge >= 0.3 is 17.8 Å². The Balaban J connectivity index is 1.50. The molecule has 136 valence electrons. The molecule has 0 radical (unpaired) electrons. The molecule has 0 N–H and O–H groups in total. The largest absolute Gasteiger partial charge is 0.334 e. The van der Waals surface area contributed by atoms with Crippen LogP contribution in [0.5, 0.6) is 0 Å². The summed E-state index contributed by atoms with van der Waals surface area (Å²) in [5.74, 6) is -1.97. The lowest BCUT2D eigenvalue weighted by Crippen LogP contribution is -2.43. The Hall–Kier alpha value is -2.50. The zero-order chi connectivity index (χ0) is 18.3. The highest BCUT2D eigenvalue weighted by molar-refractivity contribution is 6.45. The number of Topliss-reactive ketones (excluding diaryl/α,β-unsaturated/α-hetero) is 1. The fourth-order valence-electron chi connectivity index (χ4n) is 4.30. The maximum Gasteiger partial charge on any atom is 0.334 e. The zero-order valence-electron chi connectivity index (χ0n) is 14.7. The molecule has 2 fully saturated rings. The van der Waals surface area contributed by atoms with E-state index in [0.717, 1.165) is 66.7 Å². The molecule has 1 saturated heterocycles. The number of imide groups is 2. The van der Waals surface area contributed by atoms with Crippen LogP contribution in [0.15, 0.2) is 18.2 Å². The van der Waals surface area contributed by atoms with Gasteiger partial charge in [-0.1, -0.05) is 31.4 Å². The number of benzene rings is 1. The van der Waals surface area contributed by atoms with Gasteiger partial charge in [-0.25, -0.2) is 9.69 Å². The molecule has 2 aliphatic carbocycles. The van der Waals surface area contributed by atoms with Crippen LogP contribution in [0.1, 0.15) is 60.0 Å². The topological polar surface area (TPSA) is 74.8 Å². The van der Waals surface area contributed by atoms with Crippen molar-refractivity contribution in [1.29, 1.82) is 0 Å². The number of hydrogen-bond acceptors (Lipinski definition) is 4. The molecular formula is C20H22N2O4. The van der Waals surface area contributed by atoms with Gasteiger partial charge in [-0.3, -0.25) is 19.3 Å². The lowest BCUT2D eigenvalue weighted by molar-refractivity contribution is -0.144. The van der Waals surface area contributed by atoms with Crippen molar-refractivity contribution in [3.63, 3.8) is 0 Å². The van der Waals surface area contributed by atoms with Crippen molar-refractivity contribution >= 4 is 23.6 Å². The van der Waals surface area contributed by atoms with E-state index < -0.39 is 17.8 Å². The Morgan fingerprint density at radius 3 is 2.42 bits per heavy atom. The quantitative estimate of drug-likeness (QED) is 0.473. The molecule has 1 heterocycles. The Labute approximate surface area is 152 Å². The summed E-state index contributed by atoms with van der Waals surface area (Å²) in [6.45, 7) is -0.370. The van der Waals surface area contributed by atoms with E-state index in [9.17, 15) is 19.2 Å². The first-order valence-corrected chi connectivity index (χ1v) is 9.40. The first-order chi connectivity index (χ1) is 12.6. The number of aryl methyl sites for hydroxylation is 2. The van der Waals surface area contributed by atoms with Crippen LogP contribution in [0.2, 0.25) is 0 Å². The number of ketones is 1. The van der Waals surface area contributed by atoms with Crippen molar-refractivity contribution in [2.75, 3.05) is 6.54 Å². The SMILES string of the molecule is O=C(CN1C(=O)C(=O)N(C2CCCCC2)C1=O)c1ccc2c(c1)CCC2. The van der Waals surface area contributed by atoms with E-state index in [1.807, 2.05) is 12.1 Å². The minimum atomic E-state index is -0.880. The Morgan fingerprint density at radius 1 is 0.923 bits per heavy atom. The molecule has 3 aliphatic rings. The highest BCUT2D eigenvalue weighted by Gasteiger charge is 2.48. The number of carbonyl (C=O) groups excluding carboxylic acids is 4. The molecule has 1 saturated carbocycles. The summed E-state index contributed by atoms with van der Waals surface area (Å²) in [6.07, 6.45) is 7.51. The second-order valence-electron chi connectivity index (χ2n) is 7.40. The molecule has 4 rings (SSSR count). The number of rotatable bonds is 4. The molecule has 4 amide bonds. The van der Waals surface area contributed by atoms with Gasteiger partial charge in [-0.2, -0.15) is 0 Å². The summed E-state index contributed by atoms with van der Waals surface area (Å²) in [4.78, 5) is 51.7. The third kappa shape index (κ3) is 2.83. The first-order valence-electron chi connectivity index (χ1n) is 9.40. The number of fused-ring (bicyclic) bond motifs is 1. The first kappa shape index (κ1) is 16.9. The maximum atomic E-state index is 12.6. The third-order valence-electron chi connectivity index (χ3n) is 5.75. The van der Waals surface area contributed by atoms with Gasteiger partial charge in [-0.15, -0.1) is 0 Å². The number of nitrogens with zero attached hydrogens (tertiary/aromatic N) is 2.